The third-order valence-electron chi connectivity index (χ3n) is 3.39. The summed E-state index contributed by atoms with van der Waals surface area (Å²) in [4.78, 5) is 24.5. The summed E-state index contributed by atoms with van der Waals surface area (Å²) in [6, 6.07) is -0.862. The van der Waals surface area contributed by atoms with Crippen LogP contribution in [-0.4, -0.2) is 41.0 Å². The number of hydrogen-bond donors (Lipinski definition) is 1. The Morgan fingerprint density at radius 3 is 2.28 bits per heavy atom. The average Bonchev–Trinajstić information content (AvgIpc) is 2.28. The van der Waals surface area contributed by atoms with Crippen LogP contribution in [0.3, 0.4) is 0 Å². The molecule has 2 atom stereocenters. The number of nitrogens with zero attached hydrogens (tertiary/aromatic N) is 1. The highest BCUT2D eigenvalue weighted by molar-refractivity contribution is 5.99. The number of amides is 2. The summed E-state index contributed by atoms with van der Waals surface area (Å²) in [7, 11) is 0. The van der Waals surface area contributed by atoms with Crippen LogP contribution in [0.4, 0.5) is 13.2 Å². The van der Waals surface area contributed by atoms with Gasteiger partial charge < -0.3 is 10.2 Å². The lowest BCUT2D eigenvalue weighted by atomic mass is 9.90. The molecule has 1 rings (SSSR count). The number of alkyl halides is 3. The van der Waals surface area contributed by atoms with E-state index >= 15 is 0 Å². The van der Waals surface area contributed by atoms with Crippen LogP contribution >= 0.6 is 0 Å². The van der Waals surface area contributed by atoms with Gasteiger partial charge in [-0.05, 0) is 19.8 Å². The average molecular weight is 266 g/mol. The number of piperazine rings is 1. The lowest BCUT2D eigenvalue weighted by Gasteiger charge is -2.45. The zero-order valence-electron chi connectivity index (χ0n) is 10.6. The van der Waals surface area contributed by atoms with Crippen molar-refractivity contribution in [2.75, 3.05) is 6.54 Å². The van der Waals surface area contributed by atoms with Crippen LogP contribution in [0.15, 0.2) is 0 Å². The fourth-order valence-electron chi connectivity index (χ4n) is 1.99. The highest BCUT2D eigenvalue weighted by atomic mass is 19.4. The lowest BCUT2D eigenvalue weighted by molar-refractivity contribution is -0.182. The third kappa shape index (κ3) is 2.59. The molecule has 1 aliphatic heterocycles. The van der Waals surface area contributed by atoms with Gasteiger partial charge in [0.25, 0.3) is 0 Å². The highest BCUT2D eigenvalue weighted by Crippen LogP contribution is 2.29. The smallest absolute Gasteiger partial charge is 0.342 e. The Morgan fingerprint density at radius 1 is 1.33 bits per heavy atom. The predicted octanol–water partition coefficient (Wildman–Crippen LogP) is 1.45. The molecule has 1 N–H and O–H groups in total. The number of hydrogen-bond acceptors (Lipinski definition) is 2. The van der Waals surface area contributed by atoms with Gasteiger partial charge in [-0.2, -0.15) is 13.2 Å². The first-order valence-corrected chi connectivity index (χ1v) is 5.85. The maximum atomic E-state index is 12.5. The molecule has 18 heavy (non-hydrogen) atoms. The topological polar surface area (TPSA) is 49.4 Å². The summed E-state index contributed by atoms with van der Waals surface area (Å²) in [5.74, 6) is -1.19. The summed E-state index contributed by atoms with van der Waals surface area (Å²) in [5.41, 5.74) is -1.43. The second-order valence-corrected chi connectivity index (χ2v) is 4.60. The van der Waals surface area contributed by atoms with Gasteiger partial charge in [0, 0.05) is 0 Å². The van der Waals surface area contributed by atoms with Crippen LogP contribution in [0.25, 0.3) is 0 Å². The van der Waals surface area contributed by atoms with E-state index in [1.807, 2.05) is 0 Å². The quantitative estimate of drug-likeness (QED) is 0.840. The van der Waals surface area contributed by atoms with Gasteiger partial charge in [-0.1, -0.05) is 13.8 Å². The Morgan fingerprint density at radius 2 is 1.89 bits per heavy atom. The molecule has 1 fully saturated rings. The molecule has 4 nitrogen and oxygen atoms in total. The standard InChI is InChI=1S/C11H17F3N2O2/c1-4-7-8(17)16(6-11(12,13)14)10(3,5-2)9(18)15-7/h7H,4-6H2,1-3H3,(H,15,18). The second-order valence-electron chi connectivity index (χ2n) is 4.60. The van der Waals surface area contributed by atoms with Crippen molar-refractivity contribution in [1.29, 1.82) is 0 Å². The minimum atomic E-state index is -4.51. The molecule has 0 spiro atoms. The van der Waals surface area contributed by atoms with E-state index in [4.69, 9.17) is 0 Å². The van der Waals surface area contributed by atoms with Gasteiger partial charge in [-0.3, -0.25) is 9.59 Å². The number of halogens is 3. The van der Waals surface area contributed by atoms with Crippen LogP contribution in [0.2, 0.25) is 0 Å². The minimum Gasteiger partial charge on any atom is -0.342 e. The molecular weight excluding hydrogens is 249 g/mol. The van der Waals surface area contributed by atoms with Crippen LogP contribution in [0.5, 0.6) is 0 Å². The SMILES string of the molecule is CCC1NC(=O)C(C)(CC)N(CC(F)(F)F)C1=O. The second kappa shape index (κ2) is 4.78. The van der Waals surface area contributed by atoms with Gasteiger partial charge in [-0.15, -0.1) is 0 Å². The minimum absolute atomic E-state index is 0.136. The van der Waals surface area contributed by atoms with Crippen molar-refractivity contribution in [1.82, 2.24) is 10.2 Å². The van der Waals surface area contributed by atoms with E-state index in [1.54, 1.807) is 13.8 Å². The van der Waals surface area contributed by atoms with Crippen molar-refractivity contribution in [3.8, 4) is 0 Å². The van der Waals surface area contributed by atoms with E-state index in [9.17, 15) is 22.8 Å². The molecule has 0 aliphatic carbocycles. The van der Waals surface area contributed by atoms with Gasteiger partial charge in [0.05, 0.1) is 0 Å². The number of nitrogens with one attached hydrogen (secondary N) is 1. The molecule has 2 amide bonds. The monoisotopic (exact) mass is 266 g/mol. The lowest BCUT2D eigenvalue weighted by Crippen LogP contribution is -2.70. The maximum absolute atomic E-state index is 12.5. The van der Waals surface area contributed by atoms with Gasteiger partial charge in [0.2, 0.25) is 11.8 Å². The first-order valence-electron chi connectivity index (χ1n) is 5.85. The Bertz CT molecular complexity index is 357. The molecule has 0 aromatic carbocycles. The van der Waals surface area contributed by atoms with Gasteiger partial charge in [0.1, 0.15) is 18.1 Å². The fraction of sp³-hybridized carbons (Fsp3) is 0.818. The zero-order valence-corrected chi connectivity index (χ0v) is 10.6. The van der Waals surface area contributed by atoms with E-state index in [1.165, 1.54) is 6.92 Å². The number of carbonyl (C=O) groups is 2. The highest BCUT2D eigenvalue weighted by Gasteiger charge is 2.51. The number of carbonyl (C=O) groups excluding carboxylic acids is 2. The molecule has 7 heteroatoms. The van der Waals surface area contributed by atoms with Crippen molar-refractivity contribution in [2.45, 2.75) is 51.4 Å². The fourth-order valence-corrected chi connectivity index (χ4v) is 1.99. The van der Waals surface area contributed by atoms with Crippen LogP contribution < -0.4 is 5.32 Å². The van der Waals surface area contributed by atoms with Gasteiger partial charge >= 0.3 is 6.18 Å². The molecule has 0 radical (unpaired) electrons. The van der Waals surface area contributed by atoms with E-state index in [0.717, 1.165) is 0 Å². The van der Waals surface area contributed by atoms with E-state index in [-0.39, 0.29) is 12.8 Å². The summed E-state index contributed by atoms with van der Waals surface area (Å²) < 4.78 is 37.6. The normalized spacial score (nSPS) is 29.4. The Balaban J connectivity index is 3.10. The molecule has 0 aromatic rings. The van der Waals surface area contributed by atoms with E-state index in [0.29, 0.717) is 4.90 Å². The summed E-state index contributed by atoms with van der Waals surface area (Å²) in [5, 5.41) is 2.48. The Kier molecular flexibility index (Phi) is 3.92. The summed E-state index contributed by atoms with van der Waals surface area (Å²) in [6.07, 6.45) is -4.10. The molecular formula is C11H17F3N2O2. The molecule has 0 aromatic heterocycles. The van der Waals surface area contributed by atoms with Crippen molar-refractivity contribution < 1.29 is 22.8 Å². The zero-order chi connectivity index (χ0) is 14.1. The number of rotatable bonds is 3. The predicted molar refractivity (Wildman–Crippen MR) is 58.7 cm³/mol. The Hall–Kier alpha value is -1.27. The van der Waals surface area contributed by atoms with Crippen LogP contribution in [0.1, 0.15) is 33.6 Å². The van der Waals surface area contributed by atoms with Crippen molar-refractivity contribution in [3.05, 3.63) is 0 Å². The van der Waals surface area contributed by atoms with Crippen LogP contribution in [-0.2, 0) is 9.59 Å². The summed E-state index contributed by atoms with van der Waals surface area (Å²) in [6.45, 7) is 3.20. The Labute approximate surface area is 104 Å². The molecule has 1 aliphatic rings. The van der Waals surface area contributed by atoms with Crippen LogP contribution in [0, 0.1) is 0 Å². The molecule has 0 saturated carbocycles. The third-order valence-corrected chi connectivity index (χ3v) is 3.39. The van der Waals surface area contributed by atoms with Gasteiger partial charge in [-0.25, -0.2) is 0 Å². The van der Waals surface area contributed by atoms with E-state index in [2.05, 4.69) is 5.32 Å². The van der Waals surface area contributed by atoms with Crippen molar-refractivity contribution in [3.63, 3.8) is 0 Å². The van der Waals surface area contributed by atoms with Gasteiger partial charge in [0.15, 0.2) is 0 Å². The molecule has 104 valence electrons. The first kappa shape index (κ1) is 14.8. The molecule has 2 unspecified atom stereocenters. The van der Waals surface area contributed by atoms with Crippen molar-refractivity contribution in [2.24, 2.45) is 0 Å². The van der Waals surface area contributed by atoms with E-state index < -0.39 is 36.1 Å². The van der Waals surface area contributed by atoms with Crippen molar-refractivity contribution >= 4 is 11.8 Å². The molecule has 1 heterocycles. The largest absolute Gasteiger partial charge is 0.406 e. The molecule has 0 bridgehead atoms. The summed E-state index contributed by atoms with van der Waals surface area (Å²) >= 11 is 0. The first-order chi connectivity index (χ1) is 8.15. The molecule has 1 saturated heterocycles. The maximum Gasteiger partial charge on any atom is 0.406 e.